The molecular weight excluding hydrogens is 352 g/mol. The fraction of sp³-hybridized carbons (Fsp3) is 0.591. The van der Waals surface area contributed by atoms with Gasteiger partial charge in [0.1, 0.15) is 0 Å². The zero-order chi connectivity index (χ0) is 19.3. The molecule has 1 saturated heterocycles. The SMILES string of the molecule is O=C(CCn1cnc2cc(C(=O)N3CCCCC3)ccc21)NC1CCCCC1. The van der Waals surface area contributed by atoms with Crippen molar-refractivity contribution in [3.8, 4) is 0 Å². The van der Waals surface area contributed by atoms with Crippen LogP contribution in [0.3, 0.4) is 0 Å². The van der Waals surface area contributed by atoms with Crippen molar-refractivity contribution in [2.45, 2.75) is 70.4 Å². The maximum Gasteiger partial charge on any atom is 0.253 e. The first-order chi connectivity index (χ1) is 13.7. The van der Waals surface area contributed by atoms with Gasteiger partial charge in [-0.05, 0) is 50.3 Å². The Hall–Kier alpha value is -2.37. The number of hydrogen-bond donors (Lipinski definition) is 1. The number of fused-ring (bicyclic) bond motifs is 1. The highest BCUT2D eigenvalue weighted by Gasteiger charge is 2.19. The van der Waals surface area contributed by atoms with Gasteiger partial charge in [-0.3, -0.25) is 9.59 Å². The molecule has 2 heterocycles. The van der Waals surface area contributed by atoms with Gasteiger partial charge in [0.25, 0.3) is 5.91 Å². The summed E-state index contributed by atoms with van der Waals surface area (Å²) in [6.45, 7) is 2.30. The summed E-state index contributed by atoms with van der Waals surface area (Å²) >= 11 is 0. The van der Waals surface area contributed by atoms with Gasteiger partial charge in [-0.2, -0.15) is 0 Å². The van der Waals surface area contributed by atoms with E-state index >= 15 is 0 Å². The number of hydrogen-bond acceptors (Lipinski definition) is 3. The summed E-state index contributed by atoms with van der Waals surface area (Å²) in [5.74, 6) is 0.216. The number of nitrogens with one attached hydrogen (secondary N) is 1. The summed E-state index contributed by atoms with van der Waals surface area (Å²) in [5, 5.41) is 3.17. The number of piperidine rings is 1. The van der Waals surface area contributed by atoms with E-state index in [-0.39, 0.29) is 11.8 Å². The number of nitrogens with zero attached hydrogens (tertiary/aromatic N) is 3. The van der Waals surface area contributed by atoms with Gasteiger partial charge in [-0.15, -0.1) is 0 Å². The summed E-state index contributed by atoms with van der Waals surface area (Å²) in [4.78, 5) is 31.4. The van der Waals surface area contributed by atoms with Crippen molar-refractivity contribution in [2.75, 3.05) is 13.1 Å². The van der Waals surface area contributed by atoms with E-state index in [0.717, 1.165) is 49.8 Å². The van der Waals surface area contributed by atoms with E-state index in [9.17, 15) is 9.59 Å². The highest BCUT2D eigenvalue weighted by Crippen LogP contribution is 2.20. The lowest BCUT2D eigenvalue weighted by Gasteiger charge is -2.26. The number of imidazole rings is 1. The zero-order valence-electron chi connectivity index (χ0n) is 16.5. The van der Waals surface area contributed by atoms with E-state index in [4.69, 9.17) is 0 Å². The monoisotopic (exact) mass is 382 g/mol. The van der Waals surface area contributed by atoms with Crippen LogP contribution in [0.4, 0.5) is 0 Å². The maximum absolute atomic E-state index is 12.7. The molecule has 1 aliphatic heterocycles. The Morgan fingerprint density at radius 1 is 1.04 bits per heavy atom. The molecule has 28 heavy (non-hydrogen) atoms. The molecule has 1 aliphatic carbocycles. The van der Waals surface area contributed by atoms with Crippen molar-refractivity contribution in [3.63, 3.8) is 0 Å². The van der Waals surface area contributed by atoms with Crippen LogP contribution < -0.4 is 5.32 Å². The molecule has 0 unspecified atom stereocenters. The van der Waals surface area contributed by atoms with Crippen molar-refractivity contribution in [3.05, 3.63) is 30.1 Å². The van der Waals surface area contributed by atoms with Gasteiger partial charge < -0.3 is 14.8 Å². The van der Waals surface area contributed by atoms with E-state index in [1.165, 1.54) is 25.7 Å². The van der Waals surface area contributed by atoms with Crippen molar-refractivity contribution >= 4 is 22.8 Å². The predicted molar refractivity (Wildman–Crippen MR) is 109 cm³/mol. The lowest BCUT2D eigenvalue weighted by molar-refractivity contribution is -0.122. The van der Waals surface area contributed by atoms with Crippen molar-refractivity contribution in [1.29, 1.82) is 0 Å². The Labute approximate surface area is 166 Å². The van der Waals surface area contributed by atoms with Crippen molar-refractivity contribution in [1.82, 2.24) is 19.8 Å². The number of likely N-dealkylation sites (tertiary alicyclic amines) is 1. The summed E-state index contributed by atoms with van der Waals surface area (Å²) in [5.41, 5.74) is 2.49. The average Bonchev–Trinajstić information content (AvgIpc) is 3.15. The first-order valence-corrected chi connectivity index (χ1v) is 10.7. The molecule has 4 rings (SSSR count). The van der Waals surface area contributed by atoms with E-state index < -0.39 is 0 Å². The van der Waals surface area contributed by atoms with Crippen LogP contribution in [-0.4, -0.2) is 45.4 Å². The lowest BCUT2D eigenvalue weighted by atomic mass is 9.95. The molecule has 0 atom stereocenters. The number of amides is 2. The van der Waals surface area contributed by atoms with E-state index in [2.05, 4.69) is 10.3 Å². The third kappa shape index (κ3) is 4.37. The average molecular weight is 383 g/mol. The van der Waals surface area contributed by atoms with Crippen LogP contribution in [0.25, 0.3) is 11.0 Å². The van der Waals surface area contributed by atoms with E-state index in [1.54, 1.807) is 6.33 Å². The Morgan fingerprint density at radius 3 is 2.57 bits per heavy atom. The third-order valence-corrected chi connectivity index (χ3v) is 6.06. The molecule has 2 fully saturated rings. The van der Waals surface area contributed by atoms with Crippen LogP contribution in [0.2, 0.25) is 0 Å². The van der Waals surface area contributed by atoms with Crippen LogP contribution in [0.1, 0.15) is 68.1 Å². The Balaban J connectivity index is 1.37. The first-order valence-electron chi connectivity index (χ1n) is 10.7. The van der Waals surface area contributed by atoms with Crippen LogP contribution in [0.15, 0.2) is 24.5 Å². The quantitative estimate of drug-likeness (QED) is 0.861. The number of carbonyl (C=O) groups excluding carboxylic acids is 2. The molecule has 6 nitrogen and oxygen atoms in total. The van der Waals surface area contributed by atoms with Crippen LogP contribution in [-0.2, 0) is 11.3 Å². The highest BCUT2D eigenvalue weighted by molar-refractivity contribution is 5.97. The second-order valence-electron chi connectivity index (χ2n) is 8.15. The molecule has 0 bridgehead atoms. The third-order valence-electron chi connectivity index (χ3n) is 6.06. The fourth-order valence-electron chi connectivity index (χ4n) is 4.42. The molecule has 1 aromatic carbocycles. The molecule has 2 amide bonds. The molecule has 1 saturated carbocycles. The first kappa shape index (κ1) is 19.0. The molecule has 6 heteroatoms. The second kappa shape index (κ2) is 8.76. The minimum absolute atomic E-state index is 0.100. The summed E-state index contributed by atoms with van der Waals surface area (Å²) in [7, 11) is 0. The molecule has 0 radical (unpaired) electrons. The fourth-order valence-corrected chi connectivity index (χ4v) is 4.42. The molecule has 2 aromatic rings. The smallest absolute Gasteiger partial charge is 0.253 e. The van der Waals surface area contributed by atoms with Gasteiger partial charge in [-0.25, -0.2) is 4.98 Å². The molecular formula is C22H30N4O2. The maximum atomic E-state index is 12.7. The van der Waals surface area contributed by atoms with Gasteiger partial charge in [-0.1, -0.05) is 19.3 Å². The molecule has 150 valence electrons. The van der Waals surface area contributed by atoms with Crippen molar-refractivity contribution in [2.24, 2.45) is 0 Å². The van der Waals surface area contributed by atoms with E-state index in [1.807, 2.05) is 27.7 Å². The number of aromatic nitrogens is 2. The minimum Gasteiger partial charge on any atom is -0.353 e. The van der Waals surface area contributed by atoms with Crippen molar-refractivity contribution < 1.29 is 9.59 Å². The zero-order valence-corrected chi connectivity index (χ0v) is 16.5. The number of aryl methyl sites for hydroxylation is 1. The largest absolute Gasteiger partial charge is 0.353 e. The molecule has 2 aliphatic rings. The number of carbonyl (C=O) groups is 2. The Bertz CT molecular complexity index is 832. The minimum atomic E-state index is 0.100. The van der Waals surface area contributed by atoms with Gasteiger partial charge in [0.2, 0.25) is 5.91 Å². The standard InChI is InChI=1S/C22H30N4O2/c27-21(24-18-7-3-1-4-8-18)11-14-26-16-23-19-15-17(9-10-20(19)26)22(28)25-12-5-2-6-13-25/h9-10,15-16,18H,1-8,11-14H2,(H,24,27). The highest BCUT2D eigenvalue weighted by atomic mass is 16.2. The molecule has 1 aromatic heterocycles. The Morgan fingerprint density at radius 2 is 1.79 bits per heavy atom. The molecule has 1 N–H and O–H groups in total. The van der Waals surface area contributed by atoms with Crippen LogP contribution in [0.5, 0.6) is 0 Å². The summed E-state index contributed by atoms with van der Waals surface area (Å²) < 4.78 is 2.00. The van der Waals surface area contributed by atoms with E-state index in [0.29, 0.717) is 24.6 Å². The summed E-state index contributed by atoms with van der Waals surface area (Å²) in [6, 6.07) is 6.08. The van der Waals surface area contributed by atoms with Crippen LogP contribution >= 0.6 is 0 Å². The van der Waals surface area contributed by atoms with Gasteiger partial charge in [0.05, 0.1) is 17.4 Å². The summed E-state index contributed by atoms with van der Waals surface area (Å²) in [6.07, 6.45) is 11.5. The van der Waals surface area contributed by atoms with Gasteiger partial charge >= 0.3 is 0 Å². The number of rotatable bonds is 5. The van der Waals surface area contributed by atoms with Crippen LogP contribution in [0, 0.1) is 0 Å². The van der Waals surface area contributed by atoms with Gasteiger partial charge in [0, 0.05) is 37.7 Å². The van der Waals surface area contributed by atoms with Gasteiger partial charge in [0.15, 0.2) is 0 Å². The molecule has 0 spiro atoms. The second-order valence-corrected chi connectivity index (χ2v) is 8.15. The predicted octanol–water partition coefficient (Wildman–Crippen LogP) is 3.50. The normalized spacial score (nSPS) is 18.4. The Kier molecular flexibility index (Phi) is 5.93. The lowest BCUT2D eigenvalue weighted by Crippen LogP contribution is -2.36. The topological polar surface area (TPSA) is 67.2 Å². The number of benzene rings is 1.